The molecule has 2 aromatic rings. The van der Waals surface area contributed by atoms with Crippen LogP contribution in [0, 0.1) is 0 Å². The highest BCUT2D eigenvalue weighted by atomic mass is 16.5. The zero-order valence-corrected chi connectivity index (χ0v) is 11.5. The summed E-state index contributed by atoms with van der Waals surface area (Å²) in [5.74, 6) is 0.00423. The van der Waals surface area contributed by atoms with E-state index in [-0.39, 0.29) is 6.10 Å². The molecule has 0 spiro atoms. The first-order chi connectivity index (χ1) is 9.63. The van der Waals surface area contributed by atoms with Crippen LogP contribution in [0.25, 0.3) is 0 Å². The predicted octanol–water partition coefficient (Wildman–Crippen LogP) is 3.20. The van der Waals surface area contributed by atoms with E-state index < -0.39 is 5.97 Å². The van der Waals surface area contributed by atoms with Crippen molar-refractivity contribution >= 4 is 11.7 Å². The van der Waals surface area contributed by atoms with Gasteiger partial charge >= 0.3 is 5.97 Å². The van der Waals surface area contributed by atoms with E-state index in [4.69, 9.17) is 10.5 Å². The Morgan fingerprint density at radius 3 is 2.45 bits per heavy atom. The molecule has 0 aliphatic rings. The Labute approximate surface area is 118 Å². The molecule has 1 unspecified atom stereocenters. The van der Waals surface area contributed by atoms with E-state index in [2.05, 4.69) is 4.74 Å². The minimum Gasteiger partial charge on any atom is -0.484 e. The monoisotopic (exact) mass is 271 g/mol. The first kappa shape index (κ1) is 13.9. The SMILES string of the molecule is COC(=O)c1cccc(OC(C)c2ccccc2)c1N. The van der Waals surface area contributed by atoms with Gasteiger partial charge in [0, 0.05) is 0 Å². The molecule has 104 valence electrons. The van der Waals surface area contributed by atoms with Crippen molar-refractivity contribution in [3.05, 3.63) is 59.7 Å². The van der Waals surface area contributed by atoms with Gasteiger partial charge in [-0.15, -0.1) is 0 Å². The molecule has 0 aromatic heterocycles. The normalized spacial score (nSPS) is 11.7. The number of benzene rings is 2. The van der Waals surface area contributed by atoms with Crippen LogP contribution in [-0.2, 0) is 4.74 Å². The maximum Gasteiger partial charge on any atom is 0.340 e. The number of carbonyl (C=O) groups excluding carboxylic acids is 1. The molecule has 0 aliphatic carbocycles. The van der Waals surface area contributed by atoms with Crippen LogP contribution < -0.4 is 10.5 Å². The summed E-state index contributed by atoms with van der Waals surface area (Å²) in [5, 5.41) is 0. The molecule has 0 amide bonds. The van der Waals surface area contributed by atoms with Gasteiger partial charge in [0.15, 0.2) is 0 Å². The highest BCUT2D eigenvalue weighted by Gasteiger charge is 2.15. The van der Waals surface area contributed by atoms with Crippen LogP contribution in [0.2, 0.25) is 0 Å². The Bertz CT molecular complexity index is 596. The minimum atomic E-state index is -0.472. The summed E-state index contributed by atoms with van der Waals surface area (Å²) >= 11 is 0. The summed E-state index contributed by atoms with van der Waals surface area (Å²) in [6.07, 6.45) is -0.161. The first-order valence-electron chi connectivity index (χ1n) is 6.32. The predicted molar refractivity (Wildman–Crippen MR) is 77.7 cm³/mol. The van der Waals surface area contributed by atoms with Crippen LogP contribution >= 0.6 is 0 Å². The van der Waals surface area contributed by atoms with E-state index in [1.54, 1.807) is 18.2 Å². The van der Waals surface area contributed by atoms with Crippen molar-refractivity contribution in [2.45, 2.75) is 13.0 Å². The van der Waals surface area contributed by atoms with Crippen molar-refractivity contribution in [2.75, 3.05) is 12.8 Å². The first-order valence-corrected chi connectivity index (χ1v) is 6.32. The van der Waals surface area contributed by atoms with Crippen molar-refractivity contribution in [2.24, 2.45) is 0 Å². The number of esters is 1. The topological polar surface area (TPSA) is 61.5 Å². The van der Waals surface area contributed by atoms with Crippen molar-refractivity contribution < 1.29 is 14.3 Å². The highest BCUT2D eigenvalue weighted by molar-refractivity contribution is 5.96. The second-order valence-electron chi connectivity index (χ2n) is 4.38. The molecule has 0 bridgehead atoms. The van der Waals surface area contributed by atoms with Gasteiger partial charge in [-0.25, -0.2) is 4.79 Å². The second-order valence-corrected chi connectivity index (χ2v) is 4.38. The fraction of sp³-hybridized carbons (Fsp3) is 0.188. The molecule has 2 aromatic carbocycles. The summed E-state index contributed by atoms with van der Waals surface area (Å²) in [4.78, 5) is 11.6. The van der Waals surface area contributed by atoms with E-state index in [0.717, 1.165) is 5.56 Å². The van der Waals surface area contributed by atoms with Gasteiger partial charge in [-0.3, -0.25) is 0 Å². The zero-order chi connectivity index (χ0) is 14.5. The lowest BCUT2D eigenvalue weighted by Gasteiger charge is -2.17. The fourth-order valence-electron chi connectivity index (χ4n) is 1.92. The number of anilines is 1. The molecule has 4 heteroatoms. The van der Waals surface area contributed by atoms with Crippen LogP contribution in [0.3, 0.4) is 0 Å². The smallest absolute Gasteiger partial charge is 0.340 e. The molecule has 0 radical (unpaired) electrons. The highest BCUT2D eigenvalue weighted by Crippen LogP contribution is 2.30. The third kappa shape index (κ3) is 2.91. The van der Waals surface area contributed by atoms with Crippen molar-refractivity contribution in [3.8, 4) is 5.75 Å². The number of methoxy groups -OCH3 is 1. The van der Waals surface area contributed by atoms with E-state index in [9.17, 15) is 4.79 Å². The summed E-state index contributed by atoms with van der Waals surface area (Å²) < 4.78 is 10.5. The van der Waals surface area contributed by atoms with E-state index in [1.807, 2.05) is 37.3 Å². The molecule has 0 fully saturated rings. The Kier molecular flexibility index (Phi) is 4.25. The maximum absolute atomic E-state index is 11.6. The molecule has 4 nitrogen and oxygen atoms in total. The van der Waals surface area contributed by atoms with Gasteiger partial charge in [-0.05, 0) is 24.6 Å². The minimum absolute atomic E-state index is 0.161. The van der Waals surface area contributed by atoms with E-state index in [1.165, 1.54) is 7.11 Å². The van der Waals surface area contributed by atoms with Crippen molar-refractivity contribution in [1.29, 1.82) is 0 Å². The largest absolute Gasteiger partial charge is 0.484 e. The summed E-state index contributed by atoms with van der Waals surface area (Å²) in [6.45, 7) is 1.93. The second kappa shape index (κ2) is 6.10. The summed E-state index contributed by atoms with van der Waals surface area (Å²) in [5.41, 5.74) is 7.60. The Morgan fingerprint density at radius 2 is 1.80 bits per heavy atom. The molecule has 0 heterocycles. The zero-order valence-electron chi connectivity index (χ0n) is 11.5. The molecule has 0 saturated heterocycles. The lowest BCUT2D eigenvalue weighted by atomic mass is 10.1. The third-order valence-electron chi connectivity index (χ3n) is 3.04. The van der Waals surface area contributed by atoms with Crippen LogP contribution in [0.15, 0.2) is 48.5 Å². The van der Waals surface area contributed by atoms with Gasteiger partial charge in [-0.2, -0.15) is 0 Å². The molecule has 0 aliphatic heterocycles. The molecule has 2 N–H and O–H groups in total. The van der Waals surface area contributed by atoms with Crippen LogP contribution in [0.5, 0.6) is 5.75 Å². The van der Waals surface area contributed by atoms with Gasteiger partial charge in [-0.1, -0.05) is 36.4 Å². The van der Waals surface area contributed by atoms with Gasteiger partial charge in [0.2, 0.25) is 0 Å². The van der Waals surface area contributed by atoms with Crippen LogP contribution in [0.4, 0.5) is 5.69 Å². The Balaban J connectivity index is 2.24. The Morgan fingerprint density at radius 1 is 1.10 bits per heavy atom. The van der Waals surface area contributed by atoms with E-state index in [0.29, 0.717) is 17.0 Å². The van der Waals surface area contributed by atoms with Gasteiger partial charge in [0.05, 0.1) is 18.4 Å². The van der Waals surface area contributed by atoms with Gasteiger partial charge < -0.3 is 15.2 Å². The lowest BCUT2D eigenvalue weighted by molar-refractivity contribution is 0.0601. The molecule has 1 atom stereocenters. The molecular formula is C16H17NO3. The standard InChI is InChI=1S/C16H17NO3/c1-11(12-7-4-3-5-8-12)20-14-10-6-9-13(15(14)17)16(18)19-2/h3-11H,17H2,1-2H3. The molecule has 20 heavy (non-hydrogen) atoms. The fourth-order valence-corrected chi connectivity index (χ4v) is 1.92. The maximum atomic E-state index is 11.6. The molecule has 0 saturated carbocycles. The van der Waals surface area contributed by atoms with Crippen molar-refractivity contribution in [1.82, 2.24) is 0 Å². The van der Waals surface area contributed by atoms with Gasteiger partial charge in [0.1, 0.15) is 11.9 Å². The average Bonchev–Trinajstić information content (AvgIpc) is 2.49. The number of rotatable bonds is 4. The average molecular weight is 271 g/mol. The number of carbonyl (C=O) groups is 1. The number of para-hydroxylation sites is 1. The quantitative estimate of drug-likeness (QED) is 0.685. The number of hydrogen-bond acceptors (Lipinski definition) is 4. The summed E-state index contributed by atoms with van der Waals surface area (Å²) in [7, 11) is 1.32. The lowest BCUT2D eigenvalue weighted by Crippen LogP contribution is -2.09. The third-order valence-corrected chi connectivity index (χ3v) is 3.04. The van der Waals surface area contributed by atoms with E-state index >= 15 is 0 Å². The molecule has 2 rings (SSSR count). The number of ether oxygens (including phenoxy) is 2. The van der Waals surface area contributed by atoms with Crippen LogP contribution in [0.1, 0.15) is 28.9 Å². The number of nitrogens with two attached hydrogens (primary N) is 1. The Hall–Kier alpha value is -2.49. The van der Waals surface area contributed by atoms with Crippen molar-refractivity contribution in [3.63, 3.8) is 0 Å². The summed E-state index contributed by atoms with van der Waals surface area (Å²) in [6, 6.07) is 14.9. The number of hydrogen-bond donors (Lipinski definition) is 1. The van der Waals surface area contributed by atoms with Crippen LogP contribution in [-0.4, -0.2) is 13.1 Å². The molecular weight excluding hydrogens is 254 g/mol. The number of nitrogen functional groups attached to an aromatic ring is 1. The van der Waals surface area contributed by atoms with Gasteiger partial charge in [0.25, 0.3) is 0 Å².